The topological polar surface area (TPSA) is 36.3 Å². The van der Waals surface area contributed by atoms with Gasteiger partial charge in [-0.25, -0.2) is 0 Å². The Hall–Kier alpha value is -3.64. The number of nitrogens with zero attached hydrogens (tertiary/aromatic N) is 4. The molecule has 1 N–H and O–H groups in total. The number of anilines is 2. The van der Waals surface area contributed by atoms with E-state index in [0.717, 1.165) is 17.1 Å². The number of hydrogen-bond donors (Lipinski definition) is 1. The zero-order chi connectivity index (χ0) is 23.8. The Morgan fingerprint density at radius 1 is 0.882 bits per heavy atom. The fraction of sp³-hybridized carbons (Fsp3) is 0.214. The maximum Gasteiger partial charge on any atom is 0.174 e. The summed E-state index contributed by atoms with van der Waals surface area (Å²) in [7, 11) is 4.12. The minimum atomic E-state index is -0.0565. The minimum Gasteiger partial charge on any atom is -0.378 e. The molecule has 5 rings (SSSR count). The Morgan fingerprint density at radius 3 is 2.24 bits per heavy atom. The molecule has 2 aromatic heterocycles. The SMILES string of the molecule is Cc1cc([C@H]2[C@H](c3ccccn3)NC(=S)N2c2ccccc2)c(C)n1-c1ccc(N(C)C)cc1. The molecule has 6 heteroatoms. The average Bonchev–Trinajstić information content (AvgIpc) is 3.35. The van der Waals surface area contributed by atoms with Crippen LogP contribution in [-0.2, 0) is 0 Å². The molecule has 1 fully saturated rings. The second-order valence-corrected chi connectivity index (χ2v) is 9.29. The number of thiocarbonyl (C=S) groups is 1. The lowest BCUT2D eigenvalue weighted by Crippen LogP contribution is -2.29. The summed E-state index contributed by atoms with van der Waals surface area (Å²) in [6, 6.07) is 27.3. The lowest BCUT2D eigenvalue weighted by atomic mass is 9.96. The molecule has 0 spiro atoms. The van der Waals surface area contributed by atoms with Crippen molar-refractivity contribution >= 4 is 28.7 Å². The van der Waals surface area contributed by atoms with Crippen molar-refractivity contribution in [2.45, 2.75) is 25.9 Å². The summed E-state index contributed by atoms with van der Waals surface area (Å²) in [5.74, 6) is 0. The highest BCUT2D eigenvalue weighted by Crippen LogP contribution is 2.43. The molecule has 2 aromatic carbocycles. The molecule has 1 saturated heterocycles. The van der Waals surface area contributed by atoms with Gasteiger partial charge in [0.1, 0.15) is 0 Å². The third kappa shape index (κ3) is 3.84. The zero-order valence-corrected chi connectivity index (χ0v) is 20.8. The number of nitrogens with one attached hydrogen (secondary N) is 1. The summed E-state index contributed by atoms with van der Waals surface area (Å²) in [5, 5.41) is 4.28. The Morgan fingerprint density at radius 2 is 1.59 bits per heavy atom. The van der Waals surface area contributed by atoms with Crippen molar-refractivity contribution in [1.82, 2.24) is 14.9 Å². The highest BCUT2D eigenvalue weighted by atomic mass is 32.1. The van der Waals surface area contributed by atoms with Crippen LogP contribution in [-0.4, -0.2) is 28.8 Å². The van der Waals surface area contributed by atoms with Crippen molar-refractivity contribution in [2.75, 3.05) is 23.9 Å². The van der Waals surface area contributed by atoms with Crippen LogP contribution in [0.2, 0.25) is 0 Å². The standard InChI is InChI=1S/C28H29N5S/c1-19-18-24(20(2)32(19)23-15-13-21(14-16-23)31(3)4)27-26(25-12-8-9-17-29-25)30-28(34)33(27)22-10-6-5-7-11-22/h5-18,26-27H,1-4H3,(H,30,34)/t26-,27-/m0/s1. The molecule has 0 unspecified atom stereocenters. The van der Waals surface area contributed by atoms with Crippen LogP contribution in [0.3, 0.4) is 0 Å². The summed E-state index contributed by atoms with van der Waals surface area (Å²) in [5.41, 5.74) is 8.02. The summed E-state index contributed by atoms with van der Waals surface area (Å²) in [4.78, 5) is 9.03. The Bertz CT molecular complexity index is 1300. The molecule has 2 atom stereocenters. The van der Waals surface area contributed by atoms with Gasteiger partial charge in [-0.05, 0) is 86.2 Å². The zero-order valence-electron chi connectivity index (χ0n) is 19.9. The van der Waals surface area contributed by atoms with E-state index in [1.165, 1.54) is 22.6 Å². The molecule has 0 saturated carbocycles. The first kappa shape index (κ1) is 22.2. The fourth-order valence-electron chi connectivity index (χ4n) is 4.92. The molecular formula is C28H29N5S. The molecule has 3 heterocycles. The third-order valence-corrected chi connectivity index (χ3v) is 6.86. The number of para-hydroxylation sites is 1. The first-order valence-electron chi connectivity index (χ1n) is 11.5. The second-order valence-electron chi connectivity index (χ2n) is 8.90. The summed E-state index contributed by atoms with van der Waals surface area (Å²) in [6.45, 7) is 4.36. The highest BCUT2D eigenvalue weighted by Gasteiger charge is 2.42. The molecule has 1 aliphatic heterocycles. The molecule has 5 nitrogen and oxygen atoms in total. The van der Waals surface area contributed by atoms with E-state index in [1.807, 2.05) is 24.4 Å². The van der Waals surface area contributed by atoms with Crippen LogP contribution in [0, 0.1) is 13.8 Å². The monoisotopic (exact) mass is 467 g/mol. The molecule has 0 aliphatic carbocycles. The van der Waals surface area contributed by atoms with E-state index in [1.54, 1.807) is 0 Å². The Balaban J connectivity index is 1.64. The van der Waals surface area contributed by atoms with Crippen LogP contribution in [0.5, 0.6) is 0 Å². The normalized spacial score (nSPS) is 17.6. The number of pyridine rings is 1. The first-order chi connectivity index (χ1) is 16.5. The van der Waals surface area contributed by atoms with Crippen LogP contribution >= 0.6 is 12.2 Å². The maximum atomic E-state index is 5.87. The molecular weight excluding hydrogens is 438 g/mol. The third-order valence-electron chi connectivity index (χ3n) is 6.55. The van der Waals surface area contributed by atoms with Crippen molar-refractivity contribution in [1.29, 1.82) is 0 Å². The van der Waals surface area contributed by atoms with Gasteiger partial charge >= 0.3 is 0 Å². The largest absolute Gasteiger partial charge is 0.378 e. The van der Waals surface area contributed by atoms with Gasteiger partial charge in [0.15, 0.2) is 5.11 Å². The van der Waals surface area contributed by atoms with Gasteiger partial charge in [-0.15, -0.1) is 0 Å². The van der Waals surface area contributed by atoms with Gasteiger partial charge in [0.05, 0.1) is 17.8 Å². The van der Waals surface area contributed by atoms with E-state index >= 15 is 0 Å². The lowest BCUT2D eigenvalue weighted by molar-refractivity contribution is 0.565. The van der Waals surface area contributed by atoms with E-state index in [-0.39, 0.29) is 12.1 Å². The number of aryl methyl sites for hydroxylation is 1. The van der Waals surface area contributed by atoms with Crippen molar-refractivity contribution in [2.24, 2.45) is 0 Å². The maximum absolute atomic E-state index is 5.87. The summed E-state index contributed by atoms with van der Waals surface area (Å²) >= 11 is 5.87. The molecule has 0 radical (unpaired) electrons. The quantitative estimate of drug-likeness (QED) is 0.379. The predicted molar refractivity (Wildman–Crippen MR) is 144 cm³/mol. The van der Waals surface area contributed by atoms with Crippen molar-refractivity contribution in [3.8, 4) is 5.69 Å². The van der Waals surface area contributed by atoms with Crippen LogP contribution in [0.15, 0.2) is 85.1 Å². The number of benzene rings is 2. The van der Waals surface area contributed by atoms with Gasteiger partial charge in [0, 0.05) is 48.7 Å². The number of hydrogen-bond acceptors (Lipinski definition) is 3. The van der Waals surface area contributed by atoms with Gasteiger partial charge < -0.3 is 19.7 Å². The molecule has 0 bridgehead atoms. The number of rotatable bonds is 5. The molecule has 172 valence electrons. The van der Waals surface area contributed by atoms with Crippen molar-refractivity contribution in [3.63, 3.8) is 0 Å². The van der Waals surface area contributed by atoms with E-state index in [0.29, 0.717) is 5.11 Å². The van der Waals surface area contributed by atoms with Crippen molar-refractivity contribution < 1.29 is 0 Å². The molecule has 1 aliphatic rings. The van der Waals surface area contributed by atoms with E-state index in [2.05, 4.69) is 113 Å². The Kier molecular flexibility index (Phi) is 5.84. The summed E-state index contributed by atoms with van der Waals surface area (Å²) < 4.78 is 2.33. The fourth-order valence-corrected chi connectivity index (χ4v) is 5.27. The van der Waals surface area contributed by atoms with Gasteiger partial charge in [-0.2, -0.15) is 0 Å². The average molecular weight is 468 g/mol. The summed E-state index contributed by atoms with van der Waals surface area (Å²) in [6.07, 6.45) is 1.85. The van der Waals surface area contributed by atoms with Crippen LogP contribution in [0.1, 0.15) is 34.7 Å². The predicted octanol–water partition coefficient (Wildman–Crippen LogP) is 5.73. The molecule has 4 aromatic rings. The lowest BCUT2D eigenvalue weighted by Gasteiger charge is -2.28. The van der Waals surface area contributed by atoms with Crippen LogP contribution in [0.4, 0.5) is 11.4 Å². The smallest absolute Gasteiger partial charge is 0.174 e. The van der Waals surface area contributed by atoms with Crippen LogP contribution in [0.25, 0.3) is 5.69 Å². The minimum absolute atomic E-state index is 0.0224. The van der Waals surface area contributed by atoms with E-state index < -0.39 is 0 Å². The first-order valence-corrected chi connectivity index (χ1v) is 11.9. The Labute approximate surface area is 206 Å². The van der Waals surface area contributed by atoms with Gasteiger partial charge in [0.25, 0.3) is 0 Å². The number of aromatic nitrogens is 2. The van der Waals surface area contributed by atoms with Crippen molar-refractivity contribution in [3.05, 3.63) is 108 Å². The second kappa shape index (κ2) is 8.95. The van der Waals surface area contributed by atoms with Gasteiger partial charge in [0.2, 0.25) is 0 Å². The van der Waals surface area contributed by atoms with E-state index in [4.69, 9.17) is 12.2 Å². The molecule has 0 amide bonds. The van der Waals surface area contributed by atoms with Gasteiger partial charge in [-0.3, -0.25) is 4.98 Å². The van der Waals surface area contributed by atoms with E-state index in [9.17, 15) is 0 Å². The molecule has 34 heavy (non-hydrogen) atoms. The van der Waals surface area contributed by atoms with Gasteiger partial charge in [-0.1, -0.05) is 24.3 Å². The highest BCUT2D eigenvalue weighted by molar-refractivity contribution is 7.80. The van der Waals surface area contributed by atoms with Crippen LogP contribution < -0.4 is 15.1 Å².